The number of nitrogens with one attached hydrogen (secondary N) is 1. The normalized spacial score (nSPS) is 19.8. The molecule has 12 nitrogen and oxygen atoms in total. The molecule has 0 radical (unpaired) electrons. The van der Waals surface area contributed by atoms with Gasteiger partial charge in [0.1, 0.15) is 5.75 Å². The van der Waals surface area contributed by atoms with Crippen LogP contribution in [0.5, 0.6) is 5.75 Å². The van der Waals surface area contributed by atoms with Gasteiger partial charge in [0.2, 0.25) is 0 Å². The van der Waals surface area contributed by atoms with Gasteiger partial charge in [0.25, 0.3) is 5.91 Å². The van der Waals surface area contributed by atoms with Gasteiger partial charge in [-0.25, -0.2) is 9.59 Å². The van der Waals surface area contributed by atoms with E-state index in [-0.39, 0.29) is 48.1 Å². The van der Waals surface area contributed by atoms with Crippen molar-refractivity contribution in [3.63, 3.8) is 0 Å². The molecule has 4 heterocycles. The molecular formula is C47H56ClF3N6O6. The lowest BCUT2D eigenvalue weighted by atomic mass is 9.78. The standard InChI is InChI=1S/C47H56ClF3N6O6/c48-39-27-30(26-38(43(39)52)47(49,50)51)28-41(63-46(61)56-23-15-36(16-24-56)57-25-14-34-4-1-2-7-40(34)53-45(57)60)44(59)55-21-12-33(13-22-55)32-10-18-54(19-11-32)20-17-42(58)62-37-9-8-31-5-3-6-35(31)29-37/h1-2,4,7-9,26-27,29,32-33,36,41H,3,5-6,10-25,28,52H2,(H,53,60)/t41-/m1/s1. The third kappa shape index (κ3) is 10.7. The number of esters is 1. The van der Waals surface area contributed by atoms with Crippen LogP contribution < -0.4 is 15.8 Å². The van der Waals surface area contributed by atoms with E-state index in [4.69, 9.17) is 26.8 Å². The molecule has 0 saturated carbocycles. The summed E-state index contributed by atoms with van der Waals surface area (Å²) in [5, 5.41) is 2.69. The molecule has 1 atom stereocenters. The Balaban J connectivity index is 0.846. The van der Waals surface area contributed by atoms with Crippen LogP contribution in [0.15, 0.2) is 54.6 Å². The van der Waals surface area contributed by atoms with Gasteiger partial charge in [-0.3, -0.25) is 9.59 Å². The fourth-order valence-corrected chi connectivity index (χ4v) is 10.4. The largest absolute Gasteiger partial charge is 0.436 e. The molecule has 3 aromatic rings. The number of para-hydroxylation sites is 1. The fraction of sp³-hybridized carbons (Fsp3) is 0.532. The van der Waals surface area contributed by atoms with Crippen LogP contribution in [0.2, 0.25) is 5.02 Å². The van der Waals surface area contributed by atoms with E-state index in [0.717, 1.165) is 75.4 Å². The number of carbonyl (C=O) groups excluding carboxylic acids is 4. The molecule has 338 valence electrons. The van der Waals surface area contributed by atoms with Gasteiger partial charge >= 0.3 is 24.3 Å². The number of fused-ring (bicyclic) bond motifs is 2. The first kappa shape index (κ1) is 44.6. The van der Waals surface area contributed by atoms with Crippen molar-refractivity contribution < 1.29 is 41.8 Å². The first-order valence-corrected chi connectivity index (χ1v) is 22.8. The SMILES string of the molecule is Nc1c(Cl)cc(C[C@@H](OC(=O)N2CCC(N3CCc4ccccc4NC3=O)CC2)C(=O)N2CCC(C3CCN(CCC(=O)Oc4ccc5c(c4)CCC5)CC3)CC2)cc1C(F)(F)F. The zero-order valence-electron chi connectivity index (χ0n) is 35.5. The maximum Gasteiger partial charge on any atom is 0.418 e. The number of alkyl halides is 3. The number of urea groups is 1. The number of halogens is 4. The van der Waals surface area contributed by atoms with Crippen molar-refractivity contribution in [3.8, 4) is 5.75 Å². The number of hydrogen-bond donors (Lipinski definition) is 2. The van der Waals surface area contributed by atoms with Crippen LogP contribution in [0.3, 0.4) is 0 Å². The van der Waals surface area contributed by atoms with E-state index in [9.17, 15) is 32.3 Å². The minimum Gasteiger partial charge on any atom is -0.436 e. The number of benzene rings is 3. The highest BCUT2D eigenvalue weighted by atomic mass is 35.5. The van der Waals surface area contributed by atoms with Crippen molar-refractivity contribution >= 4 is 47.0 Å². The van der Waals surface area contributed by atoms with Crippen LogP contribution in [0, 0.1) is 11.8 Å². The monoisotopic (exact) mass is 892 g/mol. The third-order valence-corrected chi connectivity index (χ3v) is 14.1. The second-order valence-electron chi connectivity index (χ2n) is 17.7. The molecule has 0 spiro atoms. The predicted molar refractivity (Wildman–Crippen MR) is 232 cm³/mol. The number of piperidine rings is 3. The number of rotatable bonds is 10. The van der Waals surface area contributed by atoms with E-state index in [2.05, 4.69) is 16.3 Å². The van der Waals surface area contributed by atoms with Crippen LogP contribution in [0.25, 0.3) is 0 Å². The van der Waals surface area contributed by atoms with Crippen LogP contribution in [0.4, 0.5) is 34.1 Å². The lowest BCUT2D eigenvalue weighted by molar-refractivity contribution is -0.142. The van der Waals surface area contributed by atoms with Gasteiger partial charge in [0.15, 0.2) is 6.10 Å². The highest BCUT2D eigenvalue weighted by Gasteiger charge is 2.39. The third-order valence-electron chi connectivity index (χ3n) is 13.8. The Hall–Kier alpha value is -5.02. The zero-order valence-corrected chi connectivity index (χ0v) is 36.2. The van der Waals surface area contributed by atoms with Gasteiger partial charge in [-0.1, -0.05) is 35.9 Å². The van der Waals surface area contributed by atoms with Crippen LogP contribution >= 0.6 is 11.6 Å². The molecule has 16 heteroatoms. The highest BCUT2D eigenvalue weighted by molar-refractivity contribution is 6.33. The molecule has 5 aliphatic rings. The number of nitrogen functional groups attached to an aromatic ring is 1. The Bertz CT molecular complexity index is 2170. The quantitative estimate of drug-likeness (QED) is 0.119. The number of anilines is 2. The van der Waals surface area contributed by atoms with Gasteiger partial charge in [-0.05, 0) is 142 Å². The van der Waals surface area contributed by atoms with Gasteiger partial charge in [-0.15, -0.1) is 0 Å². The Kier molecular flexibility index (Phi) is 13.7. The maximum absolute atomic E-state index is 14.2. The van der Waals surface area contributed by atoms with E-state index in [1.165, 1.54) is 22.1 Å². The number of nitrogens with two attached hydrogens (primary N) is 1. The number of hydrogen-bond acceptors (Lipinski definition) is 8. The second-order valence-corrected chi connectivity index (χ2v) is 18.1. The van der Waals surface area contributed by atoms with Gasteiger partial charge < -0.3 is 40.1 Å². The van der Waals surface area contributed by atoms with Gasteiger partial charge in [0.05, 0.1) is 22.7 Å². The smallest absolute Gasteiger partial charge is 0.418 e. The molecule has 63 heavy (non-hydrogen) atoms. The fourth-order valence-electron chi connectivity index (χ4n) is 10.2. The molecule has 4 aliphatic heterocycles. The van der Waals surface area contributed by atoms with Crippen LogP contribution in [-0.2, 0) is 46.2 Å². The summed E-state index contributed by atoms with van der Waals surface area (Å²) >= 11 is 6.17. The number of ether oxygens (including phenoxy) is 2. The predicted octanol–water partition coefficient (Wildman–Crippen LogP) is 7.98. The van der Waals surface area contributed by atoms with Crippen molar-refractivity contribution in [2.24, 2.45) is 11.8 Å². The number of carbonyl (C=O) groups is 4. The number of nitrogens with zero attached hydrogens (tertiary/aromatic N) is 4. The molecule has 0 aromatic heterocycles. The maximum atomic E-state index is 14.2. The van der Waals surface area contributed by atoms with Crippen molar-refractivity contribution in [2.75, 3.05) is 63.4 Å². The van der Waals surface area contributed by atoms with Gasteiger partial charge in [0, 0.05) is 57.4 Å². The molecule has 3 fully saturated rings. The molecule has 3 saturated heterocycles. The van der Waals surface area contributed by atoms with E-state index in [1.54, 1.807) is 9.80 Å². The molecule has 1 aliphatic carbocycles. The highest BCUT2D eigenvalue weighted by Crippen LogP contribution is 2.39. The minimum atomic E-state index is -4.79. The lowest BCUT2D eigenvalue weighted by Gasteiger charge is -2.41. The van der Waals surface area contributed by atoms with Crippen LogP contribution in [-0.4, -0.2) is 108 Å². The topological polar surface area (TPSA) is 138 Å². The van der Waals surface area contributed by atoms with E-state index >= 15 is 0 Å². The Morgan fingerprint density at radius 1 is 0.810 bits per heavy atom. The zero-order chi connectivity index (χ0) is 44.3. The minimum absolute atomic E-state index is 0.0673. The Labute approximate surface area is 371 Å². The van der Waals surface area contributed by atoms with Gasteiger partial charge in [-0.2, -0.15) is 13.2 Å². The summed E-state index contributed by atoms with van der Waals surface area (Å²) in [5.74, 6) is 0.755. The molecular weight excluding hydrogens is 837 g/mol. The molecule has 4 amide bonds. The van der Waals surface area contributed by atoms with Crippen molar-refractivity contribution in [3.05, 3.63) is 87.4 Å². The molecule has 0 unspecified atom stereocenters. The van der Waals surface area contributed by atoms with E-state index in [0.29, 0.717) is 69.4 Å². The Morgan fingerprint density at radius 3 is 2.22 bits per heavy atom. The van der Waals surface area contributed by atoms with Crippen molar-refractivity contribution in [1.29, 1.82) is 0 Å². The average molecular weight is 893 g/mol. The summed E-state index contributed by atoms with van der Waals surface area (Å²) in [6.45, 7) is 4.31. The lowest BCUT2D eigenvalue weighted by Crippen LogP contribution is -2.52. The number of amides is 4. The average Bonchev–Trinajstić information content (AvgIpc) is 3.68. The summed E-state index contributed by atoms with van der Waals surface area (Å²) in [6.07, 6.45) is 1.44. The van der Waals surface area contributed by atoms with Crippen LogP contribution in [0.1, 0.15) is 79.2 Å². The summed E-state index contributed by atoms with van der Waals surface area (Å²) in [6, 6.07) is 15.5. The number of likely N-dealkylation sites (tertiary alicyclic amines) is 3. The summed E-state index contributed by atoms with van der Waals surface area (Å²) in [4.78, 5) is 61.1. The van der Waals surface area contributed by atoms with Crippen molar-refractivity contribution in [2.45, 2.75) is 95.4 Å². The molecule has 0 bridgehead atoms. The van der Waals surface area contributed by atoms with E-state index < -0.39 is 35.5 Å². The van der Waals surface area contributed by atoms with E-state index in [1.807, 2.05) is 36.4 Å². The molecule has 3 N–H and O–H groups in total. The summed E-state index contributed by atoms with van der Waals surface area (Å²) in [7, 11) is 0. The first-order valence-electron chi connectivity index (χ1n) is 22.4. The first-order chi connectivity index (χ1) is 30.3. The second kappa shape index (κ2) is 19.4. The number of aryl methyl sites for hydroxylation is 2. The Morgan fingerprint density at radius 2 is 1.49 bits per heavy atom. The molecule has 8 rings (SSSR count). The molecule has 3 aromatic carbocycles. The summed E-state index contributed by atoms with van der Waals surface area (Å²) in [5.41, 5.74) is 8.49. The summed E-state index contributed by atoms with van der Waals surface area (Å²) < 4.78 is 53.5. The van der Waals surface area contributed by atoms with Crippen molar-refractivity contribution in [1.82, 2.24) is 19.6 Å².